The molecule has 1 atom stereocenters. The second kappa shape index (κ2) is 4.94. The Bertz CT molecular complexity index is 539. The molecule has 2 aliphatic heterocycles. The fourth-order valence-corrected chi connectivity index (χ4v) is 2.99. The van der Waals surface area contributed by atoms with Gasteiger partial charge in [0.2, 0.25) is 0 Å². The average molecular weight is 272 g/mol. The highest BCUT2D eigenvalue weighted by molar-refractivity contribution is 6.64. The lowest BCUT2D eigenvalue weighted by Crippen LogP contribution is -2.40. The van der Waals surface area contributed by atoms with Crippen molar-refractivity contribution in [1.29, 1.82) is 0 Å². The molecule has 0 bridgehead atoms. The van der Waals surface area contributed by atoms with Crippen molar-refractivity contribution in [1.82, 2.24) is 0 Å². The van der Waals surface area contributed by atoms with E-state index in [-0.39, 0.29) is 18.8 Å². The largest absolute Gasteiger partial charge is 0.499 e. The van der Waals surface area contributed by atoms with E-state index >= 15 is 0 Å². The van der Waals surface area contributed by atoms with Crippen LogP contribution in [-0.2, 0) is 15.7 Å². The molecule has 0 unspecified atom stereocenters. The maximum Gasteiger partial charge on any atom is 0.499 e. The van der Waals surface area contributed by atoms with Crippen LogP contribution in [-0.4, -0.2) is 19.3 Å². The molecule has 1 aromatic carbocycles. The average Bonchev–Trinajstić information content (AvgIpc) is 2.70. The van der Waals surface area contributed by atoms with Crippen molar-refractivity contribution in [3.05, 3.63) is 35.9 Å². The predicted octanol–water partition coefficient (Wildman–Crippen LogP) is 2.78. The van der Waals surface area contributed by atoms with Crippen molar-refractivity contribution in [2.75, 3.05) is 6.61 Å². The number of allylic oxidation sites excluding steroid dienone is 1. The molecule has 20 heavy (non-hydrogen) atoms. The van der Waals surface area contributed by atoms with E-state index in [0.717, 1.165) is 24.1 Å². The Morgan fingerprint density at radius 3 is 2.95 bits per heavy atom. The Labute approximate surface area is 121 Å². The van der Waals surface area contributed by atoms with Crippen LogP contribution in [0.5, 0.6) is 5.75 Å². The summed E-state index contributed by atoms with van der Waals surface area (Å²) in [6.45, 7) is 10.6. The lowest BCUT2D eigenvalue weighted by Gasteiger charge is -2.25. The van der Waals surface area contributed by atoms with Gasteiger partial charge in [0.1, 0.15) is 12.4 Å². The third-order valence-corrected chi connectivity index (χ3v) is 3.92. The lowest BCUT2D eigenvalue weighted by molar-refractivity contribution is 0.0268. The molecule has 3 nitrogen and oxygen atoms in total. The van der Waals surface area contributed by atoms with Crippen molar-refractivity contribution < 1.29 is 14.0 Å². The van der Waals surface area contributed by atoms with Gasteiger partial charge in [-0.15, -0.1) is 6.58 Å². The van der Waals surface area contributed by atoms with Crippen LogP contribution in [0.3, 0.4) is 0 Å². The maximum atomic E-state index is 6.13. The summed E-state index contributed by atoms with van der Waals surface area (Å²) in [6, 6.07) is 4.17. The van der Waals surface area contributed by atoms with Crippen LogP contribution in [0, 0.1) is 0 Å². The van der Waals surface area contributed by atoms with E-state index in [9.17, 15) is 0 Å². The molecule has 0 fully saturated rings. The monoisotopic (exact) mass is 272 g/mol. The summed E-state index contributed by atoms with van der Waals surface area (Å²) >= 11 is 0. The Balaban J connectivity index is 2.12. The molecule has 4 heteroatoms. The molecule has 2 heterocycles. The van der Waals surface area contributed by atoms with Gasteiger partial charge in [0.15, 0.2) is 0 Å². The molecular weight excluding hydrogens is 251 g/mol. The molecule has 0 radical (unpaired) electrons. The summed E-state index contributed by atoms with van der Waals surface area (Å²) in [5.41, 5.74) is 3.25. The smallest absolute Gasteiger partial charge is 0.491 e. The number of ether oxygens (including phenoxy) is 1. The Hall–Kier alpha value is -1.26. The number of hydrogen-bond acceptors (Lipinski definition) is 3. The van der Waals surface area contributed by atoms with Crippen LogP contribution in [0.4, 0.5) is 0 Å². The van der Waals surface area contributed by atoms with Crippen LogP contribution < -0.4 is 10.2 Å². The Kier molecular flexibility index (Phi) is 3.39. The Morgan fingerprint density at radius 1 is 1.45 bits per heavy atom. The van der Waals surface area contributed by atoms with Gasteiger partial charge in [-0.05, 0) is 43.9 Å². The zero-order valence-corrected chi connectivity index (χ0v) is 12.4. The van der Waals surface area contributed by atoms with Gasteiger partial charge in [-0.25, -0.2) is 0 Å². The van der Waals surface area contributed by atoms with Gasteiger partial charge in [0.25, 0.3) is 0 Å². The minimum Gasteiger partial charge on any atom is -0.491 e. The second-order valence-electron chi connectivity index (χ2n) is 6.07. The standard InChI is InChI=1S/C16H21BO3/c1-5-7-11-8-9-13-15-14(11)12(6-2)19-17(15)20-16(3,4)10-18-13/h5,8-9,12H,1,6-7,10H2,2-4H3/t12-/m1/s1. The molecule has 0 spiro atoms. The maximum absolute atomic E-state index is 6.13. The van der Waals surface area contributed by atoms with Gasteiger partial charge in [-0.1, -0.05) is 19.1 Å². The van der Waals surface area contributed by atoms with Crippen molar-refractivity contribution in [3.63, 3.8) is 0 Å². The fourth-order valence-electron chi connectivity index (χ4n) is 2.99. The first-order valence-corrected chi connectivity index (χ1v) is 7.28. The predicted molar refractivity (Wildman–Crippen MR) is 80.5 cm³/mol. The third kappa shape index (κ3) is 2.17. The molecule has 106 valence electrons. The minimum atomic E-state index is -0.345. The van der Waals surface area contributed by atoms with Gasteiger partial charge >= 0.3 is 7.12 Å². The molecular formula is C16H21BO3. The van der Waals surface area contributed by atoms with E-state index in [1.807, 2.05) is 26.0 Å². The van der Waals surface area contributed by atoms with E-state index in [0.29, 0.717) is 6.61 Å². The molecule has 2 aliphatic rings. The van der Waals surface area contributed by atoms with Crippen LogP contribution >= 0.6 is 0 Å². The van der Waals surface area contributed by atoms with Crippen molar-refractivity contribution in [2.45, 2.75) is 45.3 Å². The molecule has 0 saturated heterocycles. The number of benzene rings is 1. The molecule has 0 aromatic heterocycles. The zero-order valence-electron chi connectivity index (χ0n) is 12.4. The van der Waals surface area contributed by atoms with E-state index in [4.69, 9.17) is 14.0 Å². The quantitative estimate of drug-likeness (QED) is 0.625. The third-order valence-electron chi connectivity index (χ3n) is 3.92. The normalized spacial score (nSPS) is 22.9. The summed E-state index contributed by atoms with van der Waals surface area (Å²) in [5, 5.41) is 0. The summed E-state index contributed by atoms with van der Waals surface area (Å²) in [5.74, 6) is 0.902. The minimum absolute atomic E-state index is 0.0856. The summed E-state index contributed by atoms with van der Waals surface area (Å²) in [7, 11) is -0.313. The molecule has 1 aromatic rings. The number of rotatable bonds is 3. The van der Waals surface area contributed by atoms with Gasteiger partial charge < -0.3 is 14.0 Å². The summed E-state index contributed by atoms with van der Waals surface area (Å²) in [4.78, 5) is 0. The second-order valence-corrected chi connectivity index (χ2v) is 6.07. The van der Waals surface area contributed by atoms with Gasteiger partial charge in [-0.2, -0.15) is 0 Å². The van der Waals surface area contributed by atoms with Gasteiger partial charge in [-0.3, -0.25) is 0 Å². The van der Waals surface area contributed by atoms with Gasteiger partial charge in [0.05, 0.1) is 11.7 Å². The van der Waals surface area contributed by atoms with Crippen molar-refractivity contribution in [2.24, 2.45) is 0 Å². The number of hydrogen-bond donors (Lipinski definition) is 0. The molecule has 0 aliphatic carbocycles. The van der Waals surface area contributed by atoms with E-state index in [1.54, 1.807) is 0 Å². The highest BCUT2D eigenvalue weighted by atomic mass is 16.6. The summed E-state index contributed by atoms with van der Waals surface area (Å²) in [6.07, 6.45) is 3.79. The highest BCUT2D eigenvalue weighted by Crippen LogP contribution is 2.37. The van der Waals surface area contributed by atoms with E-state index in [1.165, 1.54) is 11.1 Å². The highest BCUT2D eigenvalue weighted by Gasteiger charge is 2.45. The summed E-state index contributed by atoms with van der Waals surface area (Å²) < 4.78 is 18.2. The first-order valence-electron chi connectivity index (χ1n) is 7.28. The van der Waals surface area contributed by atoms with Crippen LogP contribution in [0.2, 0.25) is 0 Å². The molecule has 3 rings (SSSR count). The topological polar surface area (TPSA) is 27.7 Å². The first-order chi connectivity index (χ1) is 9.55. The fraction of sp³-hybridized carbons (Fsp3) is 0.500. The molecule has 0 amide bonds. The lowest BCUT2D eigenvalue weighted by atomic mass is 9.75. The van der Waals surface area contributed by atoms with Crippen molar-refractivity contribution in [3.8, 4) is 5.75 Å². The SMILES string of the molecule is C=CCc1ccc2c3c1[C@@H](CC)OB3OC(C)(C)CO2. The van der Waals surface area contributed by atoms with Gasteiger partial charge in [0, 0.05) is 5.46 Å². The van der Waals surface area contributed by atoms with Crippen molar-refractivity contribution >= 4 is 12.6 Å². The van der Waals surface area contributed by atoms with Crippen LogP contribution in [0.1, 0.15) is 44.4 Å². The molecule has 0 N–H and O–H groups in total. The first kappa shape index (κ1) is 13.7. The van der Waals surface area contributed by atoms with E-state index in [2.05, 4.69) is 19.6 Å². The Morgan fingerprint density at radius 2 is 2.25 bits per heavy atom. The molecule has 0 saturated carbocycles. The van der Waals surface area contributed by atoms with E-state index < -0.39 is 0 Å². The zero-order chi connectivity index (χ0) is 14.3. The van der Waals surface area contributed by atoms with Crippen LogP contribution in [0.25, 0.3) is 0 Å². The van der Waals surface area contributed by atoms with Crippen LogP contribution in [0.15, 0.2) is 24.8 Å².